The maximum absolute atomic E-state index is 11.6. The van der Waals surface area contributed by atoms with Crippen LogP contribution in [-0.2, 0) is 16.5 Å². The van der Waals surface area contributed by atoms with Crippen molar-refractivity contribution in [1.82, 2.24) is 5.32 Å². The fraction of sp³-hybridized carbons (Fsp3) is 0.600. The summed E-state index contributed by atoms with van der Waals surface area (Å²) in [5.41, 5.74) is 0.959. The first-order valence-corrected chi connectivity index (χ1v) is 8.77. The summed E-state index contributed by atoms with van der Waals surface area (Å²) >= 11 is 0. The molecule has 2 N–H and O–H groups in total. The van der Waals surface area contributed by atoms with Gasteiger partial charge in [0.2, 0.25) is 0 Å². The van der Waals surface area contributed by atoms with E-state index in [-0.39, 0.29) is 0 Å². The van der Waals surface area contributed by atoms with Gasteiger partial charge >= 0.3 is 0 Å². The maximum atomic E-state index is 11.6. The molecule has 0 bridgehead atoms. The molecule has 4 nitrogen and oxygen atoms in total. The van der Waals surface area contributed by atoms with Crippen molar-refractivity contribution in [3.63, 3.8) is 0 Å². The fourth-order valence-corrected chi connectivity index (χ4v) is 3.66. The number of benzene rings is 1. The summed E-state index contributed by atoms with van der Waals surface area (Å²) in [5, 5.41) is 2.62. The number of hydrogen-bond donors (Lipinski definition) is 2. The minimum absolute atomic E-state index is 0.393. The van der Waals surface area contributed by atoms with Gasteiger partial charge in [-0.2, -0.15) is 8.42 Å². The third-order valence-electron chi connectivity index (χ3n) is 4.08. The zero-order valence-corrected chi connectivity index (χ0v) is 12.5. The first-order chi connectivity index (χ1) is 9.55. The molecule has 1 aromatic carbocycles. The average molecular weight is 297 g/mol. The van der Waals surface area contributed by atoms with Crippen LogP contribution >= 0.6 is 0 Å². The number of hydrogen-bond acceptors (Lipinski definition) is 3. The van der Waals surface area contributed by atoms with E-state index in [9.17, 15) is 13.0 Å². The molecule has 0 spiro atoms. The van der Waals surface area contributed by atoms with Crippen LogP contribution in [0.15, 0.2) is 30.3 Å². The molecule has 112 valence electrons. The van der Waals surface area contributed by atoms with E-state index in [4.69, 9.17) is 0 Å². The van der Waals surface area contributed by atoms with E-state index in [1.807, 2.05) is 30.3 Å². The first-order valence-electron chi connectivity index (χ1n) is 7.26. The third-order valence-corrected chi connectivity index (χ3v) is 5.33. The largest absolute Gasteiger partial charge is 0.317 e. The molecule has 0 radical (unpaired) electrons. The standard InChI is InChI=1S/C15H23NO3S/c17-20(18,19)15(12-14-4-2-1-3-5-14)7-6-13-8-10-16-11-9-13/h1-5,13,15-16H,6-12H2,(H,17,18,19). The SMILES string of the molecule is O=S(=O)(O)C(CCC1CCNCC1)Cc1ccccc1. The van der Waals surface area contributed by atoms with Gasteiger partial charge < -0.3 is 5.32 Å². The lowest BCUT2D eigenvalue weighted by molar-refractivity contribution is 0.341. The zero-order chi connectivity index (χ0) is 14.4. The van der Waals surface area contributed by atoms with Crippen molar-refractivity contribution < 1.29 is 13.0 Å². The summed E-state index contributed by atoms with van der Waals surface area (Å²) in [5.74, 6) is 0.580. The lowest BCUT2D eigenvalue weighted by Crippen LogP contribution is -2.29. The lowest BCUT2D eigenvalue weighted by atomic mass is 9.91. The van der Waals surface area contributed by atoms with Crippen LogP contribution < -0.4 is 5.32 Å². The van der Waals surface area contributed by atoms with E-state index < -0.39 is 15.4 Å². The maximum Gasteiger partial charge on any atom is 0.268 e. The topological polar surface area (TPSA) is 66.4 Å². The Hall–Kier alpha value is -0.910. The Morgan fingerprint density at radius 2 is 1.85 bits per heavy atom. The number of piperidine rings is 1. The minimum Gasteiger partial charge on any atom is -0.317 e. The van der Waals surface area contributed by atoms with Crippen LogP contribution in [0.4, 0.5) is 0 Å². The number of nitrogens with one attached hydrogen (secondary N) is 1. The highest BCUT2D eigenvalue weighted by Crippen LogP contribution is 2.22. The molecule has 1 aliphatic rings. The normalized spacial score (nSPS) is 18.9. The van der Waals surface area contributed by atoms with Crippen molar-refractivity contribution in [2.24, 2.45) is 5.92 Å². The predicted octanol–water partition coefficient (Wildman–Crippen LogP) is 2.27. The first kappa shape index (κ1) is 15.5. The Kier molecular flexibility index (Phi) is 5.57. The third kappa shape index (κ3) is 4.89. The second-order valence-corrected chi connectivity index (χ2v) is 7.29. The van der Waals surface area contributed by atoms with Crippen LogP contribution in [0.5, 0.6) is 0 Å². The van der Waals surface area contributed by atoms with Crippen LogP contribution in [0.3, 0.4) is 0 Å². The number of rotatable bonds is 6. The van der Waals surface area contributed by atoms with Crippen LogP contribution in [0.25, 0.3) is 0 Å². The molecular weight excluding hydrogens is 274 g/mol. The van der Waals surface area contributed by atoms with Gasteiger partial charge in [-0.05, 0) is 56.7 Å². The second kappa shape index (κ2) is 7.20. The molecule has 2 rings (SSSR count). The summed E-state index contributed by atoms with van der Waals surface area (Å²) in [4.78, 5) is 0. The molecule has 1 saturated heterocycles. The van der Waals surface area contributed by atoms with Gasteiger partial charge in [0.1, 0.15) is 0 Å². The second-order valence-electron chi connectivity index (χ2n) is 5.60. The molecule has 1 aliphatic heterocycles. The zero-order valence-electron chi connectivity index (χ0n) is 11.7. The fourth-order valence-electron chi connectivity index (χ4n) is 2.83. The van der Waals surface area contributed by atoms with Crippen molar-refractivity contribution in [3.8, 4) is 0 Å². The van der Waals surface area contributed by atoms with Crippen molar-refractivity contribution in [1.29, 1.82) is 0 Å². The van der Waals surface area contributed by atoms with Gasteiger partial charge in [-0.15, -0.1) is 0 Å². The molecule has 1 aromatic rings. The van der Waals surface area contributed by atoms with Crippen LogP contribution in [0.2, 0.25) is 0 Å². The van der Waals surface area contributed by atoms with Gasteiger partial charge in [-0.1, -0.05) is 30.3 Å². The molecule has 0 saturated carbocycles. The molecule has 1 fully saturated rings. The van der Waals surface area contributed by atoms with E-state index in [2.05, 4.69) is 5.32 Å². The summed E-state index contributed by atoms with van der Waals surface area (Å²) in [6.45, 7) is 2.03. The van der Waals surface area contributed by atoms with E-state index in [1.165, 1.54) is 0 Å². The van der Waals surface area contributed by atoms with Gasteiger partial charge in [0.05, 0.1) is 5.25 Å². The van der Waals surface area contributed by atoms with Crippen molar-refractivity contribution in [3.05, 3.63) is 35.9 Å². The molecular formula is C15H23NO3S. The monoisotopic (exact) mass is 297 g/mol. The van der Waals surface area contributed by atoms with E-state index in [0.717, 1.165) is 37.9 Å². The van der Waals surface area contributed by atoms with Gasteiger partial charge in [0, 0.05) is 0 Å². The highest BCUT2D eigenvalue weighted by molar-refractivity contribution is 7.86. The van der Waals surface area contributed by atoms with Gasteiger partial charge in [-0.3, -0.25) is 4.55 Å². The highest BCUT2D eigenvalue weighted by atomic mass is 32.2. The summed E-state index contributed by atoms with van der Waals surface area (Å²) in [7, 11) is -3.98. The van der Waals surface area contributed by atoms with Gasteiger partial charge in [0.25, 0.3) is 10.1 Å². The Balaban J connectivity index is 1.94. The molecule has 0 amide bonds. The van der Waals surface area contributed by atoms with Gasteiger partial charge in [0.15, 0.2) is 0 Å². The van der Waals surface area contributed by atoms with E-state index in [0.29, 0.717) is 18.8 Å². The molecule has 1 unspecified atom stereocenters. The van der Waals surface area contributed by atoms with E-state index in [1.54, 1.807) is 0 Å². The smallest absolute Gasteiger partial charge is 0.268 e. The molecule has 1 atom stereocenters. The predicted molar refractivity (Wildman–Crippen MR) is 80.3 cm³/mol. The van der Waals surface area contributed by atoms with Crippen LogP contribution in [0, 0.1) is 5.92 Å². The Bertz CT molecular complexity index is 495. The average Bonchev–Trinajstić information content (AvgIpc) is 2.44. The highest BCUT2D eigenvalue weighted by Gasteiger charge is 2.25. The molecule has 0 aromatic heterocycles. The lowest BCUT2D eigenvalue weighted by Gasteiger charge is -2.24. The minimum atomic E-state index is -3.98. The molecule has 0 aliphatic carbocycles. The Morgan fingerprint density at radius 3 is 2.45 bits per heavy atom. The quantitative estimate of drug-likeness (QED) is 0.791. The molecule has 1 heterocycles. The summed E-state index contributed by atoms with van der Waals surface area (Å²) in [6.07, 6.45) is 4.01. The van der Waals surface area contributed by atoms with Gasteiger partial charge in [-0.25, -0.2) is 0 Å². The molecule has 5 heteroatoms. The van der Waals surface area contributed by atoms with Crippen LogP contribution in [0.1, 0.15) is 31.2 Å². The van der Waals surface area contributed by atoms with Crippen molar-refractivity contribution in [2.75, 3.05) is 13.1 Å². The summed E-state index contributed by atoms with van der Waals surface area (Å²) in [6, 6.07) is 9.50. The van der Waals surface area contributed by atoms with Crippen LogP contribution in [-0.4, -0.2) is 31.3 Å². The van der Waals surface area contributed by atoms with E-state index >= 15 is 0 Å². The summed E-state index contributed by atoms with van der Waals surface area (Å²) < 4.78 is 32.5. The molecule has 20 heavy (non-hydrogen) atoms. The Labute approximate surface area is 121 Å². The Morgan fingerprint density at radius 1 is 1.20 bits per heavy atom. The van der Waals surface area contributed by atoms with Crippen molar-refractivity contribution in [2.45, 2.75) is 37.4 Å². The van der Waals surface area contributed by atoms with Crippen molar-refractivity contribution >= 4 is 10.1 Å².